The minimum absolute atomic E-state index is 0.440. The quantitative estimate of drug-likeness (QED) is 0.893. The molecule has 1 heterocycles. The highest BCUT2D eigenvalue weighted by molar-refractivity contribution is 7.99. The number of hydrogen-bond acceptors (Lipinski definition) is 5. The van der Waals surface area contributed by atoms with Crippen LogP contribution < -0.4 is 9.47 Å². The standard InChI is InChI=1S/C14H19NO4S/c1-18-11-3-4-13(19-2)10(7-11)8-15-5-6-20-9-12(15)14(16)17/h3-4,7,12H,5-6,8-9H2,1-2H3,(H,16,17). The van der Waals surface area contributed by atoms with E-state index in [0.29, 0.717) is 12.3 Å². The van der Waals surface area contributed by atoms with Crippen molar-refractivity contribution in [1.82, 2.24) is 4.90 Å². The van der Waals surface area contributed by atoms with Gasteiger partial charge in [0.05, 0.1) is 14.2 Å². The Bertz CT molecular complexity index is 480. The number of carbonyl (C=O) groups is 1. The summed E-state index contributed by atoms with van der Waals surface area (Å²) in [5.74, 6) is 2.32. The fraction of sp³-hybridized carbons (Fsp3) is 0.500. The first kappa shape index (κ1) is 15.0. The van der Waals surface area contributed by atoms with E-state index in [4.69, 9.17) is 9.47 Å². The molecule has 5 nitrogen and oxygen atoms in total. The summed E-state index contributed by atoms with van der Waals surface area (Å²) in [4.78, 5) is 13.3. The third kappa shape index (κ3) is 3.37. The lowest BCUT2D eigenvalue weighted by Gasteiger charge is -2.32. The van der Waals surface area contributed by atoms with Crippen molar-refractivity contribution in [2.24, 2.45) is 0 Å². The molecule has 1 aliphatic rings. The van der Waals surface area contributed by atoms with Crippen LogP contribution in [0.4, 0.5) is 0 Å². The number of methoxy groups -OCH3 is 2. The maximum absolute atomic E-state index is 11.3. The number of nitrogens with zero attached hydrogens (tertiary/aromatic N) is 1. The third-order valence-corrected chi connectivity index (χ3v) is 4.41. The monoisotopic (exact) mass is 297 g/mol. The van der Waals surface area contributed by atoms with Crippen molar-refractivity contribution < 1.29 is 19.4 Å². The maximum atomic E-state index is 11.3. The lowest BCUT2D eigenvalue weighted by molar-refractivity contribution is -0.142. The van der Waals surface area contributed by atoms with Crippen molar-refractivity contribution in [2.45, 2.75) is 12.6 Å². The van der Waals surface area contributed by atoms with Gasteiger partial charge < -0.3 is 14.6 Å². The van der Waals surface area contributed by atoms with Gasteiger partial charge in [0, 0.05) is 30.2 Å². The highest BCUT2D eigenvalue weighted by Crippen LogP contribution is 2.27. The molecule has 0 bridgehead atoms. The van der Waals surface area contributed by atoms with Crippen molar-refractivity contribution >= 4 is 17.7 Å². The number of aliphatic carboxylic acids is 1. The molecule has 1 aliphatic heterocycles. The number of carboxylic acids is 1. The van der Waals surface area contributed by atoms with E-state index in [1.165, 1.54) is 0 Å². The van der Waals surface area contributed by atoms with E-state index in [2.05, 4.69) is 0 Å². The van der Waals surface area contributed by atoms with Crippen LogP contribution in [0.3, 0.4) is 0 Å². The predicted molar refractivity (Wildman–Crippen MR) is 78.7 cm³/mol. The number of rotatable bonds is 5. The molecule has 0 aromatic heterocycles. The molecular weight excluding hydrogens is 278 g/mol. The minimum atomic E-state index is -0.765. The van der Waals surface area contributed by atoms with E-state index in [1.54, 1.807) is 26.0 Å². The summed E-state index contributed by atoms with van der Waals surface area (Å²) in [6.07, 6.45) is 0. The molecule has 1 aromatic carbocycles. The third-order valence-electron chi connectivity index (χ3n) is 3.39. The van der Waals surface area contributed by atoms with Gasteiger partial charge in [-0.3, -0.25) is 9.69 Å². The Morgan fingerprint density at radius 1 is 1.45 bits per heavy atom. The summed E-state index contributed by atoms with van der Waals surface area (Å²) in [5, 5.41) is 9.30. The lowest BCUT2D eigenvalue weighted by Crippen LogP contribution is -2.46. The van der Waals surface area contributed by atoms with Crippen molar-refractivity contribution in [3.63, 3.8) is 0 Å². The first-order chi connectivity index (χ1) is 9.65. The lowest BCUT2D eigenvalue weighted by atomic mass is 10.1. The van der Waals surface area contributed by atoms with Gasteiger partial charge in [-0.15, -0.1) is 0 Å². The SMILES string of the molecule is COc1ccc(OC)c(CN2CCSCC2C(=O)O)c1. The first-order valence-electron chi connectivity index (χ1n) is 6.41. The molecule has 0 radical (unpaired) electrons. The van der Waals surface area contributed by atoms with Crippen LogP contribution in [0, 0.1) is 0 Å². The Balaban J connectivity index is 2.20. The van der Waals surface area contributed by atoms with E-state index in [9.17, 15) is 9.90 Å². The van der Waals surface area contributed by atoms with Gasteiger partial charge in [0.25, 0.3) is 0 Å². The smallest absolute Gasteiger partial charge is 0.321 e. The van der Waals surface area contributed by atoms with E-state index >= 15 is 0 Å². The molecule has 1 saturated heterocycles. The molecule has 1 atom stereocenters. The van der Waals surface area contributed by atoms with Gasteiger partial charge in [-0.2, -0.15) is 11.8 Å². The van der Waals surface area contributed by atoms with Gasteiger partial charge in [0.2, 0.25) is 0 Å². The second-order valence-corrected chi connectivity index (χ2v) is 5.73. The molecule has 1 aromatic rings. The summed E-state index contributed by atoms with van der Waals surface area (Å²) in [7, 11) is 3.23. The number of ether oxygens (including phenoxy) is 2. The largest absolute Gasteiger partial charge is 0.497 e. The maximum Gasteiger partial charge on any atom is 0.321 e. The number of thioether (sulfide) groups is 1. The van der Waals surface area contributed by atoms with Crippen LogP contribution in [-0.4, -0.2) is 54.3 Å². The second kappa shape index (κ2) is 6.85. The second-order valence-electron chi connectivity index (χ2n) is 4.58. The topological polar surface area (TPSA) is 59.0 Å². The van der Waals surface area contributed by atoms with Crippen molar-refractivity contribution in [1.29, 1.82) is 0 Å². The van der Waals surface area contributed by atoms with Crippen LogP contribution in [-0.2, 0) is 11.3 Å². The van der Waals surface area contributed by atoms with E-state index < -0.39 is 12.0 Å². The zero-order chi connectivity index (χ0) is 14.5. The average Bonchev–Trinajstić information content (AvgIpc) is 2.47. The van der Waals surface area contributed by atoms with Crippen LogP contribution in [0.2, 0.25) is 0 Å². The Hall–Kier alpha value is -1.40. The first-order valence-corrected chi connectivity index (χ1v) is 7.56. The molecule has 6 heteroatoms. The summed E-state index contributed by atoms with van der Waals surface area (Å²) >= 11 is 1.68. The minimum Gasteiger partial charge on any atom is -0.497 e. The Morgan fingerprint density at radius 2 is 2.25 bits per heavy atom. The fourth-order valence-electron chi connectivity index (χ4n) is 2.28. The van der Waals surface area contributed by atoms with Crippen LogP contribution in [0.5, 0.6) is 11.5 Å². The summed E-state index contributed by atoms with van der Waals surface area (Å²) in [6, 6.07) is 5.15. The zero-order valence-corrected chi connectivity index (χ0v) is 12.5. The summed E-state index contributed by atoms with van der Waals surface area (Å²) in [5.41, 5.74) is 0.949. The molecule has 110 valence electrons. The molecule has 2 rings (SSSR count). The zero-order valence-electron chi connectivity index (χ0n) is 11.7. The van der Waals surface area contributed by atoms with Crippen LogP contribution >= 0.6 is 11.8 Å². The van der Waals surface area contributed by atoms with Gasteiger partial charge in [0.1, 0.15) is 17.5 Å². The van der Waals surface area contributed by atoms with Gasteiger partial charge >= 0.3 is 5.97 Å². The fourth-order valence-corrected chi connectivity index (χ4v) is 3.39. The van der Waals surface area contributed by atoms with E-state index in [-0.39, 0.29) is 0 Å². The normalized spacial score (nSPS) is 19.6. The molecule has 0 amide bonds. The molecule has 20 heavy (non-hydrogen) atoms. The average molecular weight is 297 g/mol. The summed E-state index contributed by atoms with van der Waals surface area (Å²) in [6.45, 7) is 1.32. The molecule has 1 unspecified atom stereocenters. The van der Waals surface area contributed by atoms with Crippen molar-refractivity contribution in [3.05, 3.63) is 23.8 Å². The van der Waals surface area contributed by atoms with E-state index in [0.717, 1.165) is 29.4 Å². The van der Waals surface area contributed by atoms with Crippen LogP contribution in [0.15, 0.2) is 18.2 Å². The number of carboxylic acid groups (broad SMARTS) is 1. The van der Waals surface area contributed by atoms with Gasteiger partial charge in [0.15, 0.2) is 0 Å². The highest BCUT2D eigenvalue weighted by Gasteiger charge is 2.29. The molecule has 1 fully saturated rings. The Kier molecular flexibility index (Phi) is 5.14. The molecule has 0 saturated carbocycles. The van der Waals surface area contributed by atoms with Crippen molar-refractivity contribution in [3.8, 4) is 11.5 Å². The molecular formula is C14H19NO4S. The van der Waals surface area contributed by atoms with E-state index in [1.807, 2.05) is 23.1 Å². The number of benzene rings is 1. The highest BCUT2D eigenvalue weighted by atomic mass is 32.2. The Morgan fingerprint density at radius 3 is 2.90 bits per heavy atom. The van der Waals surface area contributed by atoms with Gasteiger partial charge in [-0.05, 0) is 18.2 Å². The Labute approximate surface area is 122 Å². The molecule has 0 spiro atoms. The van der Waals surface area contributed by atoms with Gasteiger partial charge in [-0.25, -0.2) is 0 Å². The summed E-state index contributed by atoms with van der Waals surface area (Å²) < 4.78 is 10.6. The number of hydrogen-bond donors (Lipinski definition) is 1. The van der Waals surface area contributed by atoms with Crippen LogP contribution in [0.1, 0.15) is 5.56 Å². The van der Waals surface area contributed by atoms with Crippen molar-refractivity contribution in [2.75, 3.05) is 32.3 Å². The predicted octanol–water partition coefficient (Wildman–Crippen LogP) is 1.71. The molecule has 0 aliphatic carbocycles. The van der Waals surface area contributed by atoms with Gasteiger partial charge in [-0.1, -0.05) is 0 Å². The molecule has 1 N–H and O–H groups in total. The van der Waals surface area contributed by atoms with Crippen LogP contribution in [0.25, 0.3) is 0 Å².